The molecule has 1 aromatic carbocycles. The van der Waals surface area contributed by atoms with Gasteiger partial charge in [0.1, 0.15) is 35.0 Å². The molecule has 0 radical (unpaired) electrons. The van der Waals surface area contributed by atoms with Crippen LogP contribution in [0.4, 0.5) is 4.39 Å². The van der Waals surface area contributed by atoms with E-state index in [2.05, 4.69) is 15.1 Å². The molecule has 30 heavy (non-hydrogen) atoms. The molecule has 3 aromatic heterocycles. The predicted octanol–water partition coefficient (Wildman–Crippen LogP) is 1.36. The zero-order chi connectivity index (χ0) is 21.6. The minimum atomic E-state index is -0.774. The minimum absolute atomic E-state index is 0.0510. The Kier molecular flexibility index (Phi) is 4.81. The molecule has 4 aromatic rings. The van der Waals surface area contributed by atoms with Crippen molar-refractivity contribution in [1.29, 1.82) is 5.26 Å². The summed E-state index contributed by atoms with van der Waals surface area (Å²) in [7, 11) is 0. The van der Waals surface area contributed by atoms with Crippen molar-refractivity contribution in [3.8, 4) is 17.6 Å². The molecule has 3 heterocycles. The van der Waals surface area contributed by atoms with Crippen LogP contribution in [0.15, 0.2) is 27.8 Å². The molecule has 11 heteroatoms. The van der Waals surface area contributed by atoms with Gasteiger partial charge in [-0.1, -0.05) is 12.1 Å². The maximum absolute atomic E-state index is 14.3. The van der Waals surface area contributed by atoms with Crippen molar-refractivity contribution in [2.75, 3.05) is 13.2 Å². The Balaban J connectivity index is 2.12. The molecule has 0 spiro atoms. The molecular weight excluding hydrogens is 395 g/mol. The fourth-order valence-corrected chi connectivity index (χ4v) is 3.33. The van der Waals surface area contributed by atoms with E-state index in [0.717, 1.165) is 6.07 Å². The highest BCUT2D eigenvalue weighted by Gasteiger charge is 2.25. The zero-order valence-corrected chi connectivity index (χ0v) is 16.1. The predicted molar refractivity (Wildman–Crippen MR) is 102 cm³/mol. The van der Waals surface area contributed by atoms with Crippen LogP contribution in [0.5, 0.6) is 0 Å². The molecule has 0 aliphatic carbocycles. The topological polar surface area (TPSA) is 142 Å². The van der Waals surface area contributed by atoms with Crippen molar-refractivity contribution in [3.63, 3.8) is 0 Å². The Hall–Kier alpha value is -3.62. The normalized spacial score (nSPS) is 13.6. The van der Waals surface area contributed by atoms with Crippen LogP contribution in [-0.4, -0.2) is 47.5 Å². The monoisotopic (exact) mass is 412 g/mol. The molecule has 0 saturated heterocycles. The van der Waals surface area contributed by atoms with Crippen LogP contribution in [0.2, 0.25) is 0 Å². The minimum Gasteiger partial charge on any atom is -0.396 e. The van der Waals surface area contributed by atoms with Crippen molar-refractivity contribution >= 4 is 16.6 Å². The van der Waals surface area contributed by atoms with Gasteiger partial charge in [-0.15, -0.1) is 0 Å². The lowest BCUT2D eigenvalue weighted by atomic mass is 10.1. The van der Waals surface area contributed by atoms with Crippen LogP contribution in [0.1, 0.15) is 37.3 Å². The quantitative estimate of drug-likeness (QED) is 0.500. The first-order valence-electron chi connectivity index (χ1n) is 9.12. The second kappa shape index (κ2) is 7.33. The summed E-state index contributed by atoms with van der Waals surface area (Å²) in [5, 5.41) is 32.3. The van der Waals surface area contributed by atoms with Gasteiger partial charge in [0.15, 0.2) is 0 Å². The van der Waals surface area contributed by atoms with Gasteiger partial charge in [-0.2, -0.15) is 10.2 Å². The van der Waals surface area contributed by atoms with Gasteiger partial charge in [0.25, 0.3) is 5.56 Å². The summed E-state index contributed by atoms with van der Waals surface area (Å²) in [4.78, 5) is 21.9. The average Bonchev–Trinajstić information content (AvgIpc) is 3.40. The Morgan fingerprint density at radius 3 is 2.70 bits per heavy atom. The fourth-order valence-electron chi connectivity index (χ4n) is 3.33. The van der Waals surface area contributed by atoms with Gasteiger partial charge < -0.3 is 14.7 Å². The van der Waals surface area contributed by atoms with Gasteiger partial charge in [0, 0.05) is 0 Å². The summed E-state index contributed by atoms with van der Waals surface area (Å²) < 4.78 is 22.1. The van der Waals surface area contributed by atoms with Gasteiger partial charge in [-0.25, -0.2) is 9.37 Å². The molecule has 154 valence electrons. The molecular formula is C19H17FN6O4. The number of halogens is 1. The molecule has 0 saturated carbocycles. The van der Waals surface area contributed by atoms with Crippen LogP contribution >= 0.6 is 0 Å². The van der Waals surface area contributed by atoms with Crippen molar-refractivity contribution in [1.82, 2.24) is 24.1 Å². The molecule has 2 N–H and O–H groups in total. The molecule has 0 amide bonds. The fraction of sp³-hybridized carbons (Fsp3) is 0.316. The number of rotatable bonds is 5. The molecule has 0 aliphatic rings. The zero-order valence-electron chi connectivity index (χ0n) is 16.1. The Bertz CT molecular complexity index is 1370. The number of fused-ring (bicyclic) bond motifs is 3. The van der Waals surface area contributed by atoms with E-state index in [1.165, 1.54) is 21.4 Å². The highest BCUT2D eigenvalue weighted by Crippen LogP contribution is 2.27. The highest BCUT2D eigenvalue weighted by atomic mass is 19.1. The number of aliphatic hydroxyl groups excluding tert-OH is 2. The summed E-state index contributed by atoms with van der Waals surface area (Å²) in [6.45, 7) is 2.68. The van der Waals surface area contributed by atoms with Crippen LogP contribution in [-0.2, 0) is 0 Å². The summed E-state index contributed by atoms with van der Waals surface area (Å²) in [5.74, 6) is -0.931. The lowest BCUT2D eigenvalue weighted by Gasteiger charge is -2.18. The van der Waals surface area contributed by atoms with Crippen LogP contribution in [0.25, 0.3) is 28.1 Å². The largest absolute Gasteiger partial charge is 0.396 e. The number of nitrogens with zero attached hydrogens (tertiary/aromatic N) is 6. The highest BCUT2D eigenvalue weighted by molar-refractivity contribution is 5.87. The van der Waals surface area contributed by atoms with E-state index in [1.807, 2.05) is 0 Å². The van der Waals surface area contributed by atoms with Gasteiger partial charge in [0.05, 0.1) is 36.2 Å². The Labute approximate surface area is 168 Å². The number of hydrogen-bond donors (Lipinski definition) is 2. The molecule has 0 bridgehead atoms. The van der Waals surface area contributed by atoms with E-state index >= 15 is 0 Å². The standard InChI is InChI=1S/C19H17FN6O4/c1-9(6-27)18-23-17(24-30-18)14-16-19(29)26(10(2)7-28)15-11(5-21)12(20)3-4-13(15)25(16)8-22-14/h3-4,8-10,27-28H,6-7H2,1-2H3. The lowest BCUT2D eigenvalue weighted by Crippen LogP contribution is -2.28. The van der Waals surface area contributed by atoms with E-state index in [9.17, 15) is 24.7 Å². The third kappa shape index (κ3) is 2.77. The third-order valence-corrected chi connectivity index (χ3v) is 4.96. The summed E-state index contributed by atoms with van der Waals surface area (Å²) in [6.07, 6.45) is 1.35. The lowest BCUT2D eigenvalue weighted by molar-refractivity contribution is 0.239. The maximum atomic E-state index is 14.3. The Morgan fingerprint density at radius 1 is 1.27 bits per heavy atom. The number of aliphatic hydroxyl groups is 2. The van der Waals surface area contributed by atoms with Crippen molar-refractivity contribution in [2.24, 2.45) is 0 Å². The number of hydrogen-bond acceptors (Lipinski definition) is 8. The average molecular weight is 412 g/mol. The van der Waals surface area contributed by atoms with E-state index in [0.29, 0.717) is 5.52 Å². The van der Waals surface area contributed by atoms with Crippen molar-refractivity contribution < 1.29 is 19.1 Å². The van der Waals surface area contributed by atoms with E-state index in [-0.39, 0.29) is 40.6 Å². The Morgan fingerprint density at radius 2 is 2.03 bits per heavy atom. The number of nitriles is 1. The van der Waals surface area contributed by atoms with Crippen LogP contribution < -0.4 is 5.56 Å². The SMILES string of the molecule is CC(CO)c1nc(-c2ncn3c2c(=O)n(C(C)CO)c2c(C#N)c(F)ccc23)no1. The van der Waals surface area contributed by atoms with Crippen LogP contribution in [0, 0.1) is 17.1 Å². The van der Waals surface area contributed by atoms with E-state index < -0.39 is 29.9 Å². The third-order valence-electron chi connectivity index (χ3n) is 4.96. The van der Waals surface area contributed by atoms with E-state index in [1.54, 1.807) is 19.9 Å². The van der Waals surface area contributed by atoms with Gasteiger partial charge in [-0.05, 0) is 19.1 Å². The van der Waals surface area contributed by atoms with Gasteiger partial charge >= 0.3 is 0 Å². The van der Waals surface area contributed by atoms with Crippen molar-refractivity contribution in [3.05, 3.63) is 46.1 Å². The smallest absolute Gasteiger partial charge is 0.278 e. The van der Waals surface area contributed by atoms with Crippen LogP contribution in [0.3, 0.4) is 0 Å². The number of imidazole rings is 1. The van der Waals surface area contributed by atoms with Crippen molar-refractivity contribution in [2.45, 2.75) is 25.8 Å². The molecule has 0 aliphatic heterocycles. The summed E-state index contributed by atoms with van der Waals surface area (Å²) in [6, 6.07) is 3.62. The second-order valence-electron chi connectivity index (χ2n) is 6.96. The molecule has 4 rings (SSSR count). The molecule has 0 fully saturated rings. The van der Waals surface area contributed by atoms with Gasteiger partial charge in [-0.3, -0.25) is 13.8 Å². The first-order valence-corrected chi connectivity index (χ1v) is 9.12. The number of aromatic nitrogens is 5. The van der Waals surface area contributed by atoms with Gasteiger partial charge in [0.2, 0.25) is 11.7 Å². The first-order chi connectivity index (χ1) is 14.4. The molecule has 10 nitrogen and oxygen atoms in total. The maximum Gasteiger partial charge on any atom is 0.278 e. The summed E-state index contributed by atoms with van der Waals surface area (Å²) in [5.41, 5.74) is -0.274. The number of benzene rings is 1. The molecule has 2 atom stereocenters. The second-order valence-corrected chi connectivity index (χ2v) is 6.96. The summed E-state index contributed by atoms with van der Waals surface area (Å²) >= 11 is 0. The molecule has 2 unspecified atom stereocenters. The first kappa shape index (κ1) is 19.7. The van der Waals surface area contributed by atoms with E-state index in [4.69, 9.17) is 4.52 Å².